The van der Waals surface area contributed by atoms with Gasteiger partial charge in [-0.3, -0.25) is 5.32 Å². The molecule has 0 atom stereocenters. The lowest BCUT2D eigenvalue weighted by molar-refractivity contribution is 0.0635. The quantitative estimate of drug-likeness (QED) is 0.851. The van der Waals surface area contributed by atoms with E-state index in [1.165, 1.54) is 0 Å². The Labute approximate surface area is 109 Å². The SMILES string of the molecule is CC(C)(C)OC(=O)Nc1cc(S(=O)(=O)F)ccc1F. The maximum Gasteiger partial charge on any atom is 0.412 e. The Balaban J connectivity index is 2.99. The van der Waals surface area contributed by atoms with Crippen LogP contribution in [0.5, 0.6) is 0 Å². The van der Waals surface area contributed by atoms with Crippen LogP contribution in [0.3, 0.4) is 0 Å². The summed E-state index contributed by atoms with van der Waals surface area (Å²) in [7, 11) is -4.97. The van der Waals surface area contributed by atoms with Gasteiger partial charge >= 0.3 is 16.3 Å². The van der Waals surface area contributed by atoms with E-state index in [4.69, 9.17) is 4.74 Å². The zero-order valence-electron chi connectivity index (χ0n) is 10.5. The van der Waals surface area contributed by atoms with Crippen LogP contribution in [0.25, 0.3) is 0 Å². The van der Waals surface area contributed by atoms with Gasteiger partial charge in [0, 0.05) is 0 Å². The van der Waals surface area contributed by atoms with Gasteiger partial charge in [-0.1, -0.05) is 0 Å². The second-order valence-electron chi connectivity index (χ2n) is 4.71. The molecule has 106 valence electrons. The van der Waals surface area contributed by atoms with Crippen LogP contribution < -0.4 is 5.32 Å². The summed E-state index contributed by atoms with van der Waals surface area (Å²) in [5.41, 5.74) is -1.28. The Morgan fingerprint density at radius 2 is 1.89 bits per heavy atom. The van der Waals surface area contributed by atoms with Crippen molar-refractivity contribution in [1.82, 2.24) is 0 Å². The molecule has 0 fully saturated rings. The van der Waals surface area contributed by atoms with Gasteiger partial charge in [0.15, 0.2) is 0 Å². The number of hydrogen-bond donors (Lipinski definition) is 1. The highest BCUT2D eigenvalue weighted by Crippen LogP contribution is 2.21. The second kappa shape index (κ2) is 5.12. The second-order valence-corrected chi connectivity index (χ2v) is 6.05. The molecule has 0 unspecified atom stereocenters. The van der Waals surface area contributed by atoms with Gasteiger partial charge < -0.3 is 4.74 Å². The smallest absolute Gasteiger partial charge is 0.412 e. The van der Waals surface area contributed by atoms with E-state index >= 15 is 0 Å². The molecule has 1 aromatic rings. The van der Waals surface area contributed by atoms with E-state index in [2.05, 4.69) is 0 Å². The van der Waals surface area contributed by atoms with Crippen LogP contribution in [0.1, 0.15) is 20.8 Å². The number of ether oxygens (including phenoxy) is 1. The largest absolute Gasteiger partial charge is 0.444 e. The molecule has 1 amide bonds. The lowest BCUT2D eigenvalue weighted by atomic mass is 10.2. The summed E-state index contributed by atoms with van der Waals surface area (Å²) < 4.78 is 52.3. The fourth-order valence-corrected chi connectivity index (χ4v) is 1.65. The average Bonchev–Trinajstić information content (AvgIpc) is 2.16. The van der Waals surface area contributed by atoms with Gasteiger partial charge in [-0.25, -0.2) is 9.18 Å². The molecule has 1 rings (SSSR count). The fourth-order valence-electron chi connectivity index (χ4n) is 1.17. The zero-order valence-corrected chi connectivity index (χ0v) is 11.3. The van der Waals surface area contributed by atoms with Gasteiger partial charge in [0.25, 0.3) is 0 Å². The molecule has 0 saturated heterocycles. The molecule has 0 bridgehead atoms. The highest BCUT2D eigenvalue weighted by Gasteiger charge is 2.19. The maximum absolute atomic E-state index is 13.4. The van der Waals surface area contributed by atoms with E-state index < -0.39 is 38.3 Å². The third-order valence-corrected chi connectivity index (χ3v) is 2.67. The van der Waals surface area contributed by atoms with E-state index in [0.29, 0.717) is 6.07 Å². The standard InChI is InChI=1S/C11H13F2NO4S/c1-11(2,3)18-10(15)14-9-6-7(19(13,16)17)4-5-8(9)12/h4-6H,1-3H3,(H,14,15). The lowest BCUT2D eigenvalue weighted by Crippen LogP contribution is -2.27. The predicted molar refractivity (Wildman–Crippen MR) is 64.6 cm³/mol. The van der Waals surface area contributed by atoms with E-state index in [1.54, 1.807) is 20.8 Å². The van der Waals surface area contributed by atoms with Crippen molar-refractivity contribution < 1.29 is 26.2 Å². The minimum atomic E-state index is -4.97. The number of anilines is 1. The predicted octanol–water partition coefficient (Wildman–Crippen LogP) is 2.83. The van der Waals surface area contributed by atoms with Crippen LogP contribution >= 0.6 is 0 Å². The minimum Gasteiger partial charge on any atom is -0.444 e. The van der Waals surface area contributed by atoms with Crippen LogP contribution in [0, 0.1) is 5.82 Å². The Kier molecular flexibility index (Phi) is 4.14. The molecule has 1 aromatic carbocycles. The molecule has 0 aliphatic carbocycles. The number of carbonyl (C=O) groups is 1. The van der Waals surface area contributed by atoms with E-state index in [0.717, 1.165) is 12.1 Å². The van der Waals surface area contributed by atoms with Gasteiger partial charge in [-0.2, -0.15) is 8.42 Å². The highest BCUT2D eigenvalue weighted by atomic mass is 32.3. The van der Waals surface area contributed by atoms with Crippen LogP contribution in [-0.4, -0.2) is 20.1 Å². The van der Waals surface area contributed by atoms with Gasteiger partial charge in [0.05, 0.1) is 5.69 Å². The summed E-state index contributed by atoms with van der Waals surface area (Å²) in [6, 6.07) is 2.17. The molecule has 19 heavy (non-hydrogen) atoms. The van der Waals surface area contributed by atoms with Gasteiger partial charge in [0.1, 0.15) is 16.3 Å². The molecule has 8 heteroatoms. The van der Waals surface area contributed by atoms with Crippen LogP contribution in [0.2, 0.25) is 0 Å². The third-order valence-electron chi connectivity index (χ3n) is 1.85. The van der Waals surface area contributed by atoms with Crippen molar-refractivity contribution in [1.29, 1.82) is 0 Å². The van der Waals surface area contributed by atoms with Gasteiger partial charge in [-0.05, 0) is 39.0 Å². The maximum atomic E-state index is 13.4. The zero-order chi connectivity index (χ0) is 14.8. The highest BCUT2D eigenvalue weighted by molar-refractivity contribution is 7.86. The summed E-state index contributed by atoms with van der Waals surface area (Å²) in [6.07, 6.45) is -0.972. The van der Waals surface area contributed by atoms with Gasteiger partial charge in [0.2, 0.25) is 0 Å². The molecule has 0 aliphatic heterocycles. The topological polar surface area (TPSA) is 72.5 Å². The Morgan fingerprint density at radius 1 is 1.32 bits per heavy atom. The molecule has 5 nitrogen and oxygen atoms in total. The Bertz CT molecular complexity index is 593. The first-order chi connectivity index (χ1) is 8.49. The first-order valence-electron chi connectivity index (χ1n) is 5.23. The van der Waals surface area contributed by atoms with Crippen LogP contribution in [0.15, 0.2) is 23.1 Å². The first kappa shape index (κ1) is 15.4. The van der Waals surface area contributed by atoms with Crippen molar-refractivity contribution in [3.8, 4) is 0 Å². The number of carbonyl (C=O) groups excluding carboxylic acids is 1. The summed E-state index contributed by atoms with van der Waals surface area (Å²) in [4.78, 5) is 10.6. The number of hydrogen-bond acceptors (Lipinski definition) is 4. The summed E-state index contributed by atoms with van der Waals surface area (Å²) in [5, 5.41) is 2.01. The number of halogens is 2. The molecule has 0 saturated carbocycles. The molecular formula is C11H13F2NO4S. The van der Waals surface area contributed by atoms with Gasteiger partial charge in [-0.15, -0.1) is 3.89 Å². The van der Waals surface area contributed by atoms with Crippen molar-refractivity contribution in [2.45, 2.75) is 31.3 Å². The lowest BCUT2D eigenvalue weighted by Gasteiger charge is -2.19. The Hall–Kier alpha value is -1.70. The molecule has 0 radical (unpaired) electrons. The van der Waals surface area contributed by atoms with E-state index in [1.807, 2.05) is 5.32 Å². The monoisotopic (exact) mass is 293 g/mol. The van der Waals surface area contributed by atoms with E-state index in [9.17, 15) is 21.5 Å². The summed E-state index contributed by atoms with van der Waals surface area (Å²) in [6.45, 7) is 4.81. The number of rotatable bonds is 2. The molecule has 0 aliphatic rings. The molecule has 0 spiro atoms. The molecule has 0 aromatic heterocycles. The van der Waals surface area contributed by atoms with Crippen molar-refractivity contribution in [2.75, 3.05) is 5.32 Å². The molecule has 0 heterocycles. The van der Waals surface area contributed by atoms with Crippen molar-refractivity contribution in [2.24, 2.45) is 0 Å². The van der Waals surface area contributed by atoms with Crippen LogP contribution in [-0.2, 0) is 15.0 Å². The first-order valence-corrected chi connectivity index (χ1v) is 6.61. The number of amides is 1. The number of nitrogens with one attached hydrogen (secondary N) is 1. The fraction of sp³-hybridized carbons (Fsp3) is 0.364. The van der Waals surface area contributed by atoms with Crippen molar-refractivity contribution in [3.63, 3.8) is 0 Å². The summed E-state index contributed by atoms with van der Waals surface area (Å²) in [5.74, 6) is -0.904. The number of benzene rings is 1. The summed E-state index contributed by atoms with van der Waals surface area (Å²) >= 11 is 0. The van der Waals surface area contributed by atoms with E-state index in [-0.39, 0.29) is 0 Å². The molecule has 1 N–H and O–H groups in total. The third kappa shape index (κ3) is 4.82. The normalized spacial score (nSPS) is 12.1. The average molecular weight is 293 g/mol. The Morgan fingerprint density at radius 3 is 2.37 bits per heavy atom. The van der Waals surface area contributed by atoms with Crippen molar-refractivity contribution in [3.05, 3.63) is 24.0 Å². The minimum absolute atomic E-state index is 0.479. The molecular weight excluding hydrogens is 280 g/mol. The van der Waals surface area contributed by atoms with Crippen molar-refractivity contribution >= 4 is 22.0 Å². The van der Waals surface area contributed by atoms with Crippen LogP contribution in [0.4, 0.5) is 18.8 Å².